The molecule has 0 aliphatic rings. The summed E-state index contributed by atoms with van der Waals surface area (Å²) in [7, 11) is 0. The molecule has 0 rings (SSSR count). The molecule has 8 nitrogen and oxygen atoms in total. The maximum absolute atomic E-state index is 11.3. The Morgan fingerprint density at radius 3 is 1.71 bits per heavy atom. The van der Waals surface area contributed by atoms with Crippen LogP contribution >= 0.6 is 0 Å². The van der Waals surface area contributed by atoms with Crippen molar-refractivity contribution < 1.29 is 28.5 Å². The van der Waals surface area contributed by atoms with E-state index in [1.807, 2.05) is 6.92 Å². The van der Waals surface area contributed by atoms with E-state index >= 15 is 0 Å². The van der Waals surface area contributed by atoms with Gasteiger partial charge in [-0.3, -0.25) is 9.59 Å². The summed E-state index contributed by atoms with van der Waals surface area (Å²) in [5.74, 6) is -0.0406. The summed E-state index contributed by atoms with van der Waals surface area (Å²) < 4.78 is 21.2. The highest BCUT2D eigenvalue weighted by Crippen LogP contribution is 1.86. The van der Waals surface area contributed by atoms with Gasteiger partial charge >= 0.3 is 0 Å². The Morgan fingerprint density at radius 2 is 1.21 bits per heavy atom. The molecule has 0 saturated heterocycles. The third kappa shape index (κ3) is 18.8. The van der Waals surface area contributed by atoms with Crippen molar-refractivity contribution in [1.82, 2.24) is 10.6 Å². The normalized spacial score (nSPS) is 10.6. The molecule has 2 amide bonds. The highest BCUT2D eigenvalue weighted by molar-refractivity contribution is 5.75. The van der Waals surface area contributed by atoms with E-state index in [-0.39, 0.29) is 11.8 Å². The minimum absolute atomic E-state index is 0.0189. The standard InChI is InChI=1S/C16H32N2O6/c1-3-5-18-16(20)4-7-21-9-11-23-13-14-24-12-10-22-8-6-17-15(2)19/h3-14H2,1-2H3,(H,17,19)(H,18,20). The van der Waals surface area contributed by atoms with Crippen LogP contribution in [0.4, 0.5) is 0 Å². The van der Waals surface area contributed by atoms with Crippen LogP contribution in [-0.4, -0.2) is 77.8 Å². The Hall–Kier alpha value is -1.22. The second kappa shape index (κ2) is 18.1. The second-order valence-electron chi connectivity index (χ2n) is 5.03. The van der Waals surface area contributed by atoms with Gasteiger partial charge in [-0.2, -0.15) is 0 Å². The van der Waals surface area contributed by atoms with E-state index in [1.165, 1.54) is 6.92 Å². The molecule has 0 fully saturated rings. The molecule has 0 atom stereocenters. The lowest BCUT2D eigenvalue weighted by Gasteiger charge is -2.08. The first-order chi connectivity index (χ1) is 11.7. The van der Waals surface area contributed by atoms with Gasteiger partial charge < -0.3 is 29.6 Å². The quantitative estimate of drug-likeness (QED) is 0.362. The number of rotatable bonds is 17. The fourth-order valence-corrected chi connectivity index (χ4v) is 1.58. The van der Waals surface area contributed by atoms with Gasteiger partial charge in [0.15, 0.2) is 0 Å². The first-order valence-electron chi connectivity index (χ1n) is 8.49. The van der Waals surface area contributed by atoms with Gasteiger partial charge in [-0.25, -0.2) is 0 Å². The number of ether oxygens (including phenoxy) is 4. The molecule has 0 aromatic rings. The van der Waals surface area contributed by atoms with Crippen LogP contribution in [0.3, 0.4) is 0 Å². The summed E-state index contributed by atoms with van der Waals surface area (Å²) in [6, 6.07) is 0. The fraction of sp³-hybridized carbons (Fsp3) is 0.875. The van der Waals surface area contributed by atoms with Crippen molar-refractivity contribution in [1.29, 1.82) is 0 Å². The van der Waals surface area contributed by atoms with Gasteiger partial charge in [-0.15, -0.1) is 0 Å². The summed E-state index contributed by atoms with van der Waals surface area (Å²) >= 11 is 0. The predicted octanol–water partition coefficient (Wildman–Crippen LogP) is 0.105. The van der Waals surface area contributed by atoms with Crippen LogP contribution in [0, 0.1) is 0 Å². The highest BCUT2D eigenvalue weighted by Gasteiger charge is 1.99. The topological polar surface area (TPSA) is 95.1 Å². The van der Waals surface area contributed by atoms with Gasteiger partial charge in [0.1, 0.15) is 0 Å². The molecule has 8 heteroatoms. The van der Waals surface area contributed by atoms with Crippen molar-refractivity contribution in [3.05, 3.63) is 0 Å². The number of hydrogen-bond acceptors (Lipinski definition) is 6. The minimum atomic E-state index is -0.0595. The molecule has 2 N–H and O–H groups in total. The fourth-order valence-electron chi connectivity index (χ4n) is 1.58. The van der Waals surface area contributed by atoms with Crippen molar-refractivity contribution in [2.45, 2.75) is 26.7 Å². The van der Waals surface area contributed by atoms with Crippen LogP contribution < -0.4 is 10.6 Å². The zero-order valence-corrected chi connectivity index (χ0v) is 14.9. The molecule has 0 bridgehead atoms. The molecule has 0 aliphatic carbocycles. The Kier molecular flexibility index (Phi) is 17.2. The Bertz CT molecular complexity index is 315. The Morgan fingerprint density at radius 1 is 0.708 bits per heavy atom. The largest absolute Gasteiger partial charge is 0.379 e. The van der Waals surface area contributed by atoms with Gasteiger partial charge in [0, 0.05) is 26.4 Å². The maximum Gasteiger partial charge on any atom is 0.222 e. The van der Waals surface area contributed by atoms with Crippen molar-refractivity contribution in [3.63, 3.8) is 0 Å². The molecule has 24 heavy (non-hydrogen) atoms. The minimum Gasteiger partial charge on any atom is -0.379 e. The smallest absolute Gasteiger partial charge is 0.222 e. The van der Waals surface area contributed by atoms with Gasteiger partial charge in [-0.05, 0) is 6.42 Å². The van der Waals surface area contributed by atoms with Gasteiger partial charge in [-0.1, -0.05) is 6.92 Å². The molecular weight excluding hydrogens is 316 g/mol. The Balaban J connectivity index is 3.07. The summed E-state index contributed by atoms with van der Waals surface area (Å²) in [6.45, 7) is 8.51. The van der Waals surface area contributed by atoms with E-state index in [1.54, 1.807) is 0 Å². The SMILES string of the molecule is CCCNC(=O)CCOCCOCCOCCOCCNC(C)=O. The molecule has 0 radical (unpaired) electrons. The van der Waals surface area contributed by atoms with E-state index in [0.29, 0.717) is 72.4 Å². The maximum atomic E-state index is 11.3. The zero-order chi connectivity index (χ0) is 17.9. The molecule has 0 aliphatic heterocycles. The first-order valence-corrected chi connectivity index (χ1v) is 8.49. The van der Waals surface area contributed by atoms with Crippen molar-refractivity contribution in [2.75, 3.05) is 65.9 Å². The number of carbonyl (C=O) groups is 2. The number of hydrogen-bond donors (Lipinski definition) is 2. The Labute approximate surface area is 144 Å². The summed E-state index contributed by atoms with van der Waals surface area (Å²) in [4.78, 5) is 21.9. The predicted molar refractivity (Wildman–Crippen MR) is 89.9 cm³/mol. The zero-order valence-electron chi connectivity index (χ0n) is 14.9. The monoisotopic (exact) mass is 348 g/mol. The molecule has 0 heterocycles. The third-order valence-electron chi connectivity index (χ3n) is 2.78. The molecule has 0 saturated carbocycles. The van der Waals surface area contributed by atoms with Crippen molar-refractivity contribution >= 4 is 11.8 Å². The average molecular weight is 348 g/mol. The van der Waals surface area contributed by atoms with Crippen LogP contribution in [-0.2, 0) is 28.5 Å². The molecule has 0 aromatic heterocycles. The van der Waals surface area contributed by atoms with Crippen molar-refractivity contribution in [2.24, 2.45) is 0 Å². The summed E-state index contributed by atoms with van der Waals surface area (Å²) in [5.41, 5.74) is 0. The van der Waals surface area contributed by atoms with Crippen LogP contribution in [0.5, 0.6) is 0 Å². The lowest BCUT2D eigenvalue weighted by atomic mass is 10.4. The molecule has 0 unspecified atom stereocenters. The van der Waals surface area contributed by atoms with Crippen LogP contribution in [0.15, 0.2) is 0 Å². The number of amides is 2. The third-order valence-corrected chi connectivity index (χ3v) is 2.78. The number of nitrogens with one attached hydrogen (secondary N) is 2. The molecular formula is C16H32N2O6. The average Bonchev–Trinajstić information content (AvgIpc) is 2.56. The lowest BCUT2D eigenvalue weighted by Crippen LogP contribution is -2.25. The van der Waals surface area contributed by atoms with Gasteiger partial charge in [0.25, 0.3) is 0 Å². The highest BCUT2D eigenvalue weighted by atomic mass is 16.6. The van der Waals surface area contributed by atoms with E-state index in [0.717, 1.165) is 6.42 Å². The van der Waals surface area contributed by atoms with Crippen LogP contribution in [0.2, 0.25) is 0 Å². The molecule has 0 aromatic carbocycles. The number of carbonyl (C=O) groups excluding carboxylic acids is 2. The van der Waals surface area contributed by atoms with Crippen LogP contribution in [0.1, 0.15) is 26.7 Å². The van der Waals surface area contributed by atoms with Crippen LogP contribution in [0.25, 0.3) is 0 Å². The van der Waals surface area contributed by atoms with E-state index in [2.05, 4.69) is 10.6 Å². The first kappa shape index (κ1) is 22.8. The summed E-state index contributed by atoms with van der Waals surface area (Å²) in [6.07, 6.45) is 1.32. The van der Waals surface area contributed by atoms with E-state index < -0.39 is 0 Å². The second-order valence-corrected chi connectivity index (χ2v) is 5.03. The van der Waals surface area contributed by atoms with Crippen molar-refractivity contribution in [3.8, 4) is 0 Å². The molecule has 142 valence electrons. The van der Waals surface area contributed by atoms with Gasteiger partial charge in [0.05, 0.1) is 52.9 Å². The molecule has 0 spiro atoms. The van der Waals surface area contributed by atoms with Gasteiger partial charge in [0.2, 0.25) is 11.8 Å². The lowest BCUT2D eigenvalue weighted by molar-refractivity contribution is -0.122. The van der Waals surface area contributed by atoms with E-state index in [9.17, 15) is 9.59 Å². The summed E-state index contributed by atoms with van der Waals surface area (Å²) in [5, 5.41) is 5.43. The van der Waals surface area contributed by atoms with E-state index in [4.69, 9.17) is 18.9 Å².